The third-order valence-electron chi connectivity index (χ3n) is 3.60. The molecule has 0 saturated heterocycles. The maximum Gasteiger partial charge on any atom is 0.416 e. The average Bonchev–Trinajstić information content (AvgIpc) is 2.46. The molecule has 2 N–H and O–H groups in total. The topological polar surface area (TPSA) is 58.2 Å². The van der Waals surface area contributed by atoms with Gasteiger partial charge in [-0.25, -0.2) is 0 Å². The van der Waals surface area contributed by atoms with Gasteiger partial charge in [-0.15, -0.1) is 0 Å². The molecule has 0 aromatic heterocycles. The van der Waals surface area contributed by atoms with Crippen LogP contribution in [0.3, 0.4) is 0 Å². The standard InChI is InChI=1S/C16H21F3N2O2/c1-5-10(2)20-13(22)15(3,4)14(23)21-12-8-6-11(7-9-12)16(17,18)19/h6-10H,5H2,1-4H3,(H,20,22)(H,21,23). The summed E-state index contributed by atoms with van der Waals surface area (Å²) in [5, 5.41) is 5.18. The first kappa shape index (κ1) is 19.0. The minimum atomic E-state index is -4.43. The van der Waals surface area contributed by atoms with Gasteiger partial charge in [0, 0.05) is 11.7 Å². The van der Waals surface area contributed by atoms with Gasteiger partial charge in [0.15, 0.2) is 0 Å². The fraction of sp³-hybridized carbons (Fsp3) is 0.500. The van der Waals surface area contributed by atoms with Crippen LogP contribution in [-0.4, -0.2) is 17.9 Å². The number of hydrogen-bond acceptors (Lipinski definition) is 2. The quantitative estimate of drug-likeness (QED) is 0.811. The van der Waals surface area contributed by atoms with Crippen molar-refractivity contribution in [2.45, 2.75) is 46.3 Å². The summed E-state index contributed by atoms with van der Waals surface area (Å²) in [6.07, 6.45) is -3.71. The number of carbonyl (C=O) groups is 2. The predicted octanol–water partition coefficient (Wildman–Crippen LogP) is 3.58. The summed E-state index contributed by atoms with van der Waals surface area (Å²) in [4.78, 5) is 24.4. The first-order valence-corrected chi connectivity index (χ1v) is 7.28. The van der Waals surface area contributed by atoms with Crippen molar-refractivity contribution in [3.8, 4) is 0 Å². The van der Waals surface area contributed by atoms with Crippen LogP contribution < -0.4 is 10.6 Å². The minimum absolute atomic E-state index is 0.0688. The molecule has 1 rings (SSSR count). The number of hydrogen-bond donors (Lipinski definition) is 2. The van der Waals surface area contributed by atoms with Crippen molar-refractivity contribution < 1.29 is 22.8 Å². The molecule has 128 valence electrons. The summed E-state index contributed by atoms with van der Waals surface area (Å²) in [5.41, 5.74) is -1.94. The Morgan fingerprint density at radius 1 is 1.09 bits per heavy atom. The van der Waals surface area contributed by atoms with E-state index in [0.717, 1.165) is 30.7 Å². The molecule has 0 aliphatic carbocycles. The normalized spacial score (nSPS) is 13.3. The van der Waals surface area contributed by atoms with E-state index in [1.807, 2.05) is 13.8 Å². The molecule has 0 aliphatic heterocycles. The molecule has 0 spiro atoms. The van der Waals surface area contributed by atoms with Gasteiger partial charge in [0.25, 0.3) is 0 Å². The second-order valence-corrected chi connectivity index (χ2v) is 5.94. The number of benzene rings is 1. The van der Waals surface area contributed by atoms with Gasteiger partial charge in [-0.2, -0.15) is 13.2 Å². The molecule has 23 heavy (non-hydrogen) atoms. The highest BCUT2D eigenvalue weighted by Gasteiger charge is 2.36. The van der Waals surface area contributed by atoms with Crippen molar-refractivity contribution in [1.29, 1.82) is 0 Å². The minimum Gasteiger partial charge on any atom is -0.353 e. The van der Waals surface area contributed by atoms with Gasteiger partial charge in [0.05, 0.1) is 5.56 Å². The summed E-state index contributed by atoms with van der Waals surface area (Å²) in [7, 11) is 0. The number of alkyl halides is 3. The van der Waals surface area contributed by atoms with Crippen LogP contribution in [0, 0.1) is 5.41 Å². The van der Waals surface area contributed by atoms with E-state index < -0.39 is 29.0 Å². The zero-order valence-corrected chi connectivity index (χ0v) is 13.5. The van der Waals surface area contributed by atoms with Crippen molar-refractivity contribution in [3.05, 3.63) is 29.8 Å². The van der Waals surface area contributed by atoms with Crippen molar-refractivity contribution in [2.24, 2.45) is 5.41 Å². The largest absolute Gasteiger partial charge is 0.416 e. The Bertz CT molecular complexity index is 566. The highest BCUT2D eigenvalue weighted by atomic mass is 19.4. The number of anilines is 1. The van der Waals surface area contributed by atoms with Crippen molar-refractivity contribution >= 4 is 17.5 Å². The summed E-state index contributed by atoms with van der Waals surface area (Å²) in [5.74, 6) is -1.02. The van der Waals surface area contributed by atoms with Crippen molar-refractivity contribution in [3.63, 3.8) is 0 Å². The molecule has 7 heteroatoms. The molecule has 1 aromatic rings. The van der Waals surface area contributed by atoms with E-state index in [1.54, 1.807) is 0 Å². The lowest BCUT2D eigenvalue weighted by Gasteiger charge is -2.24. The molecule has 1 unspecified atom stereocenters. The van der Waals surface area contributed by atoms with Gasteiger partial charge < -0.3 is 10.6 Å². The molecule has 0 bridgehead atoms. The van der Waals surface area contributed by atoms with Gasteiger partial charge in [0.2, 0.25) is 11.8 Å². The molecule has 1 atom stereocenters. The Balaban J connectivity index is 2.80. The van der Waals surface area contributed by atoms with Crippen LogP contribution in [0.4, 0.5) is 18.9 Å². The van der Waals surface area contributed by atoms with Crippen LogP contribution in [0.2, 0.25) is 0 Å². The van der Waals surface area contributed by atoms with Gasteiger partial charge in [0.1, 0.15) is 5.41 Å². The highest BCUT2D eigenvalue weighted by molar-refractivity contribution is 6.09. The fourth-order valence-corrected chi connectivity index (χ4v) is 1.64. The number of rotatable bonds is 5. The Hall–Kier alpha value is -2.05. The van der Waals surface area contributed by atoms with Crippen molar-refractivity contribution in [1.82, 2.24) is 5.32 Å². The lowest BCUT2D eigenvalue weighted by Crippen LogP contribution is -2.47. The third kappa shape index (κ3) is 4.97. The fourth-order valence-electron chi connectivity index (χ4n) is 1.64. The molecule has 4 nitrogen and oxygen atoms in total. The second kappa shape index (κ2) is 7.02. The Labute approximate surface area is 133 Å². The molecule has 0 saturated carbocycles. The molecular weight excluding hydrogens is 309 g/mol. The van der Waals surface area contributed by atoms with Crippen LogP contribution in [0.25, 0.3) is 0 Å². The van der Waals surface area contributed by atoms with Crippen LogP contribution in [0.5, 0.6) is 0 Å². The van der Waals surface area contributed by atoms with Gasteiger partial charge in [-0.3, -0.25) is 9.59 Å². The molecule has 0 heterocycles. The van der Waals surface area contributed by atoms with Crippen LogP contribution in [-0.2, 0) is 15.8 Å². The zero-order chi connectivity index (χ0) is 17.8. The average molecular weight is 330 g/mol. The van der Waals surface area contributed by atoms with E-state index in [1.165, 1.54) is 13.8 Å². The lowest BCUT2D eigenvalue weighted by molar-refractivity contribution is -0.139. The van der Waals surface area contributed by atoms with Crippen molar-refractivity contribution in [2.75, 3.05) is 5.32 Å². The highest BCUT2D eigenvalue weighted by Crippen LogP contribution is 2.30. The number of carbonyl (C=O) groups excluding carboxylic acids is 2. The summed E-state index contributed by atoms with van der Waals surface area (Å²) in [6, 6.07) is 4.00. The van der Waals surface area contributed by atoms with E-state index in [0.29, 0.717) is 0 Å². The van der Waals surface area contributed by atoms with Gasteiger partial charge in [-0.05, 0) is 51.5 Å². The summed E-state index contributed by atoms with van der Waals surface area (Å²) in [6.45, 7) is 6.65. The monoisotopic (exact) mass is 330 g/mol. The molecule has 0 aliphatic rings. The van der Waals surface area contributed by atoms with Gasteiger partial charge in [-0.1, -0.05) is 6.92 Å². The summed E-state index contributed by atoms with van der Waals surface area (Å²) < 4.78 is 37.5. The number of nitrogens with one attached hydrogen (secondary N) is 2. The summed E-state index contributed by atoms with van der Waals surface area (Å²) >= 11 is 0. The number of amides is 2. The van der Waals surface area contributed by atoms with Crippen LogP contribution in [0.1, 0.15) is 39.7 Å². The molecule has 1 aromatic carbocycles. The van der Waals surface area contributed by atoms with Crippen LogP contribution in [0.15, 0.2) is 24.3 Å². The Kier molecular flexibility index (Phi) is 5.80. The van der Waals surface area contributed by atoms with Gasteiger partial charge >= 0.3 is 6.18 Å². The second-order valence-electron chi connectivity index (χ2n) is 5.94. The van der Waals surface area contributed by atoms with E-state index in [-0.39, 0.29) is 11.7 Å². The smallest absolute Gasteiger partial charge is 0.353 e. The van der Waals surface area contributed by atoms with E-state index in [9.17, 15) is 22.8 Å². The SMILES string of the molecule is CCC(C)NC(=O)C(C)(C)C(=O)Nc1ccc(C(F)(F)F)cc1. The molecule has 0 fully saturated rings. The number of halogens is 3. The lowest BCUT2D eigenvalue weighted by atomic mass is 9.90. The zero-order valence-electron chi connectivity index (χ0n) is 13.5. The Morgan fingerprint density at radius 3 is 2.04 bits per heavy atom. The molecule has 0 radical (unpaired) electrons. The Morgan fingerprint density at radius 2 is 1.61 bits per heavy atom. The first-order chi connectivity index (χ1) is 10.5. The molecule has 2 amide bonds. The third-order valence-corrected chi connectivity index (χ3v) is 3.60. The van der Waals surface area contributed by atoms with E-state index in [4.69, 9.17) is 0 Å². The van der Waals surface area contributed by atoms with E-state index in [2.05, 4.69) is 10.6 Å². The molecular formula is C16H21F3N2O2. The predicted molar refractivity (Wildman–Crippen MR) is 81.8 cm³/mol. The maximum atomic E-state index is 12.5. The van der Waals surface area contributed by atoms with E-state index >= 15 is 0 Å². The van der Waals surface area contributed by atoms with Crippen LogP contribution >= 0.6 is 0 Å². The maximum absolute atomic E-state index is 12.5. The first-order valence-electron chi connectivity index (χ1n) is 7.28.